The fraction of sp³-hybridized carbons (Fsp3) is 0.318. The minimum atomic E-state index is -3.59. The van der Waals surface area contributed by atoms with E-state index < -0.39 is 31.8 Å². The maximum Gasteiger partial charge on any atom is 0.258 e. The number of rotatable bonds is 5. The van der Waals surface area contributed by atoms with Crippen molar-refractivity contribution in [2.24, 2.45) is 0 Å². The van der Waals surface area contributed by atoms with E-state index in [-0.39, 0.29) is 16.2 Å². The Morgan fingerprint density at radius 3 is 2.31 bits per heavy atom. The van der Waals surface area contributed by atoms with Crippen LogP contribution < -0.4 is 4.90 Å². The molecule has 2 aliphatic heterocycles. The molecule has 2 heterocycles. The maximum atomic E-state index is 13.5. The van der Waals surface area contributed by atoms with Gasteiger partial charge in [0, 0.05) is 34.8 Å². The summed E-state index contributed by atoms with van der Waals surface area (Å²) in [4.78, 5) is 15.0. The van der Waals surface area contributed by atoms with Gasteiger partial charge in [0.1, 0.15) is 0 Å². The molecule has 1 atom stereocenters. The summed E-state index contributed by atoms with van der Waals surface area (Å²) in [5.74, 6) is -0.673. The van der Waals surface area contributed by atoms with Crippen LogP contribution in [0.4, 0.5) is 5.69 Å². The van der Waals surface area contributed by atoms with Gasteiger partial charge in [0.2, 0.25) is 10.0 Å². The molecule has 1 saturated heterocycles. The van der Waals surface area contributed by atoms with E-state index in [0.29, 0.717) is 23.8 Å². The second kappa shape index (κ2) is 8.62. The first kappa shape index (κ1) is 23.0. The van der Waals surface area contributed by atoms with Crippen LogP contribution in [0.25, 0.3) is 0 Å². The highest BCUT2D eigenvalue weighted by atomic mass is 35.5. The van der Waals surface area contributed by atoms with Crippen LogP contribution in [0.1, 0.15) is 28.8 Å². The van der Waals surface area contributed by atoms with Crippen LogP contribution in [0.15, 0.2) is 58.8 Å². The average molecular weight is 495 g/mol. The Labute approximate surface area is 193 Å². The van der Waals surface area contributed by atoms with Gasteiger partial charge in [-0.3, -0.25) is 4.79 Å². The van der Waals surface area contributed by atoms with Gasteiger partial charge >= 0.3 is 0 Å². The molecule has 0 unspecified atom stereocenters. The molecule has 7 nitrogen and oxygen atoms in total. The number of nitrogens with zero attached hydrogens (tertiary/aromatic N) is 2. The SMILES string of the molecule is Cc1ccc(N(C(=O)c2ccc(S(=O)(=O)N3CCCC3)cc2)[C@@H]2C=CS(=O)(=O)C2)cc1Cl. The third kappa shape index (κ3) is 4.47. The molecule has 32 heavy (non-hydrogen) atoms. The van der Waals surface area contributed by atoms with Crippen molar-refractivity contribution < 1.29 is 21.6 Å². The monoisotopic (exact) mass is 494 g/mol. The van der Waals surface area contributed by atoms with Crippen molar-refractivity contribution in [3.05, 3.63) is 70.1 Å². The lowest BCUT2D eigenvalue weighted by molar-refractivity contribution is 0.0983. The first-order valence-electron chi connectivity index (χ1n) is 10.2. The molecule has 170 valence electrons. The second-order valence-electron chi connectivity index (χ2n) is 7.97. The van der Waals surface area contributed by atoms with Crippen molar-refractivity contribution in [3.8, 4) is 0 Å². The van der Waals surface area contributed by atoms with Gasteiger partial charge in [-0.2, -0.15) is 4.31 Å². The number of hydrogen-bond donors (Lipinski definition) is 0. The van der Waals surface area contributed by atoms with Crippen LogP contribution in [0, 0.1) is 6.92 Å². The van der Waals surface area contributed by atoms with E-state index >= 15 is 0 Å². The Morgan fingerprint density at radius 1 is 1.09 bits per heavy atom. The molecular weight excluding hydrogens is 472 g/mol. The zero-order chi connectivity index (χ0) is 23.1. The van der Waals surface area contributed by atoms with E-state index in [4.69, 9.17) is 11.6 Å². The third-order valence-corrected chi connectivity index (χ3v) is 9.40. The molecule has 2 aromatic rings. The molecule has 0 radical (unpaired) electrons. The predicted octanol–water partition coefficient (Wildman–Crippen LogP) is 3.39. The summed E-state index contributed by atoms with van der Waals surface area (Å²) in [5, 5.41) is 1.57. The van der Waals surface area contributed by atoms with E-state index in [1.54, 1.807) is 18.2 Å². The number of anilines is 1. The van der Waals surface area contributed by atoms with E-state index in [2.05, 4.69) is 0 Å². The summed E-state index contributed by atoms with van der Waals surface area (Å²) < 4.78 is 51.0. The van der Waals surface area contributed by atoms with Crippen molar-refractivity contribution in [2.75, 3.05) is 23.7 Å². The summed E-state index contributed by atoms with van der Waals surface area (Å²) in [6.07, 6.45) is 3.15. The molecule has 0 saturated carbocycles. The standard InChI is InChI=1S/C22H23ClN2O5S2/c1-16-4-7-18(14-21(16)23)25(19-10-13-31(27,28)15-19)22(26)17-5-8-20(9-6-17)32(29,30)24-11-2-3-12-24/h4-10,13-14,19H,2-3,11-12,15H2,1H3/t19-/m1/s1. The molecule has 0 aliphatic carbocycles. The quantitative estimate of drug-likeness (QED) is 0.635. The van der Waals surface area contributed by atoms with Crippen LogP contribution in [-0.2, 0) is 19.9 Å². The number of halogens is 1. The zero-order valence-electron chi connectivity index (χ0n) is 17.4. The zero-order valence-corrected chi connectivity index (χ0v) is 19.8. The molecule has 0 bridgehead atoms. The highest BCUT2D eigenvalue weighted by molar-refractivity contribution is 7.94. The highest BCUT2D eigenvalue weighted by Gasteiger charge is 2.33. The molecule has 0 N–H and O–H groups in total. The fourth-order valence-corrected chi connectivity index (χ4v) is 6.86. The van der Waals surface area contributed by atoms with Crippen LogP contribution >= 0.6 is 11.6 Å². The predicted molar refractivity (Wildman–Crippen MR) is 124 cm³/mol. The summed E-state index contributed by atoms with van der Waals surface area (Å²) in [5.41, 5.74) is 1.54. The first-order chi connectivity index (χ1) is 15.1. The number of carbonyl (C=O) groups excluding carboxylic acids is 1. The van der Waals surface area contributed by atoms with E-state index in [1.807, 2.05) is 6.92 Å². The molecule has 10 heteroatoms. The molecule has 2 aromatic carbocycles. The van der Waals surface area contributed by atoms with Crippen molar-refractivity contribution >= 4 is 43.1 Å². The molecule has 1 amide bonds. The second-order valence-corrected chi connectivity index (χ2v) is 12.2. The lowest BCUT2D eigenvalue weighted by atomic mass is 10.1. The van der Waals surface area contributed by atoms with Gasteiger partial charge in [0.25, 0.3) is 5.91 Å². The van der Waals surface area contributed by atoms with Crippen LogP contribution in [0.3, 0.4) is 0 Å². The van der Waals surface area contributed by atoms with Crippen LogP contribution in [0.2, 0.25) is 5.02 Å². The summed E-state index contributed by atoms with van der Waals surface area (Å²) in [6, 6.07) is 10.2. The normalized spacial score (nSPS) is 20.5. The molecule has 0 spiro atoms. The molecule has 0 aromatic heterocycles. The van der Waals surface area contributed by atoms with Gasteiger partial charge in [-0.15, -0.1) is 0 Å². The summed E-state index contributed by atoms with van der Waals surface area (Å²) >= 11 is 6.26. The van der Waals surface area contributed by atoms with Gasteiger partial charge in [0.15, 0.2) is 9.84 Å². The summed E-state index contributed by atoms with van der Waals surface area (Å²) in [7, 11) is -7.00. The van der Waals surface area contributed by atoms with Gasteiger partial charge in [-0.25, -0.2) is 16.8 Å². The van der Waals surface area contributed by atoms with Gasteiger partial charge in [-0.05, 0) is 67.8 Å². The van der Waals surface area contributed by atoms with E-state index in [0.717, 1.165) is 23.8 Å². The number of carbonyl (C=O) groups is 1. The van der Waals surface area contributed by atoms with Gasteiger partial charge in [0.05, 0.1) is 16.7 Å². The van der Waals surface area contributed by atoms with Crippen molar-refractivity contribution in [1.82, 2.24) is 4.31 Å². The van der Waals surface area contributed by atoms with E-state index in [9.17, 15) is 21.6 Å². The minimum Gasteiger partial charge on any atom is -0.300 e. The van der Waals surface area contributed by atoms with Crippen molar-refractivity contribution in [2.45, 2.75) is 30.7 Å². The van der Waals surface area contributed by atoms with E-state index in [1.165, 1.54) is 39.5 Å². The number of hydrogen-bond acceptors (Lipinski definition) is 5. The summed E-state index contributed by atoms with van der Waals surface area (Å²) in [6.45, 7) is 2.82. The number of benzene rings is 2. The molecule has 2 aliphatic rings. The molecule has 1 fully saturated rings. The Hall–Kier alpha value is -2.20. The molecule has 4 rings (SSSR count). The lowest BCUT2D eigenvalue weighted by Crippen LogP contribution is -2.41. The topological polar surface area (TPSA) is 91.8 Å². The Bertz CT molecular complexity index is 1280. The molecular formula is C22H23ClN2O5S2. The number of sulfonamides is 1. The Kier molecular flexibility index (Phi) is 6.19. The Balaban J connectivity index is 1.68. The average Bonchev–Trinajstić information content (AvgIpc) is 3.41. The third-order valence-electron chi connectivity index (χ3n) is 5.70. The number of sulfone groups is 1. The van der Waals surface area contributed by atoms with Gasteiger partial charge in [-0.1, -0.05) is 17.7 Å². The number of aryl methyl sites for hydroxylation is 1. The Morgan fingerprint density at radius 2 is 1.75 bits per heavy atom. The minimum absolute atomic E-state index is 0.129. The number of amides is 1. The van der Waals surface area contributed by atoms with Crippen LogP contribution in [-0.4, -0.2) is 51.9 Å². The maximum absolute atomic E-state index is 13.5. The largest absolute Gasteiger partial charge is 0.300 e. The van der Waals surface area contributed by atoms with Crippen molar-refractivity contribution in [1.29, 1.82) is 0 Å². The highest BCUT2D eigenvalue weighted by Crippen LogP contribution is 2.29. The lowest BCUT2D eigenvalue weighted by Gasteiger charge is -2.28. The fourth-order valence-electron chi connectivity index (χ4n) is 3.90. The first-order valence-corrected chi connectivity index (χ1v) is 13.7. The smallest absolute Gasteiger partial charge is 0.258 e. The van der Waals surface area contributed by atoms with Gasteiger partial charge < -0.3 is 4.90 Å². The van der Waals surface area contributed by atoms with Crippen LogP contribution in [0.5, 0.6) is 0 Å². The van der Waals surface area contributed by atoms with Crippen molar-refractivity contribution in [3.63, 3.8) is 0 Å².